The van der Waals surface area contributed by atoms with E-state index in [0.717, 1.165) is 49.9 Å². The predicted molar refractivity (Wildman–Crippen MR) is 122 cm³/mol. The highest BCUT2D eigenvalue weighted by Crippen LogP contribution is 2.23. The number of thiazole rings is 1. The molecule has 2 heterocycles. The van der Waals surface area contributed by atoms with Gasteiger partial charge in [0.25, 0.3) is 0 Å². The zero-order valence-electron chi connectivity index (χ0n) is 17.5. The number of hydrogen-bond acceptors (Lipinski definition) is 5. The van der Waals surface area contributed by atoms with Gasteiger partial charge in [-0.25, -0.2) is 9.98 Å². The molecule has 1 aliphatic rings. The summed E-state index contributed by atoms with van der Waals surface area (Å²) in [5.41, 5.74) is 2.45. The predicted octanol–water partition coefficient (Wildman–Crippen LogP) is 3.17. The quantitative estimate of drug-likeness (QED) is 0.456. The number of aromatic nitrogens is 1. The summed E-state index contributed by atoms with van der Waals surface area (Å²) in [6.45, 7) is 8.74. The molecule has 1 fully saturated rings. The number of anilines is 1. The van der Waals surface area contributed by atoms with Gasteiger partial charge in [-0.2, -0.15) is 0 Å². The first-order valence-electron chi connectivity index (χ1n) is 10.6. The summed E-state index contributed by atoms with van der Waals surface area (Å²) in [6.07, 6.45) is 5.12. The summed E-state index contributed by atoms with van der Waals surface area (Å²) < 4.78 is 0. The van der Waals surface area contributed by atoms with E-state index < -0.39 is 0 Å². The van der Waals surface area contributed by atoms with Gasteiger partial charge in [0.05, 0.1) is 13.1 Å². The van der Waals surface area contributed by atoms with Gasteiger partial charge in [0.1, 0.15) is 5.01 Å². The average molecular weight is 416 g/mol. The standard InChI is InChI=1S/C22H33N5OS/c1-3-20-14-24-21(29-20)15-26-22(23-4-2)25-13-17-5-7-19(8-6-17)27-11-9-18(16-28)10-12-27/h5-8,14,18,28H,3-4,9-13,15-16H2,1-2H3,(H2,23,25,26). The van der Waals surface area contributed by atoms with E-state index in [1.807, 2.05) is 6.20 Å². The summed E-state index contributed by atoms with van der Waals surface area (Å²) in [7, 11) is 0. The molecule has 0 saturated carbocycles. The molecule has 1 aromatic carbocycles. The van der Waals surface area contributed by atoms with Gasteiger partial charge in [0, 0.05) is 43.0 Å². The van der Waals surface area contributed by atoms with Crippen LogP contribution in [0.3, 0.4) is 0 Å². The maximum atomic E-state index is 9.30. The molecule has 0 aliphatic carbocycles. The second kappa shape index (κ2) is 11.2. The zero-order valence-corrected chi connectivity index (χ0v) is 18.3. The Hall–Kier alpha value is -2.12. The lowest BCUT2D eigenvalue weighted by molar-refractivity contribution is 0.203. The van der Waals surface area contributed by atoms with Crippen LogP contribution in [0.25, 0.3) is 0 Å². The molecule has 0 amide bonds. The molecule has 0 bridgehead atoms. The van der Waals surface area contributed by atoms with Gasteiger partial charge in [0.15, 0.2) is 5.96 Å². The molecule has 0 unspecified atom stereocenters. The van der Waals surface area contributed by atoms with Gasteiger partial charge >= 0.3 is 0 Å². The molecule has 6 nitrogen and oxygen atoms in total. The molecule has 2 aromatic rings. The van der Waals surface area contributed by atoms with E-state index in [1.165, 1.54) is 16.1 Å². The molecule has 158 valence electrons. The maximum Gasteiger partial charge on any atom is 0.191 e. The Morgan fingerprint density at radius 2 is 1.97 bits per heavy atom. The van der Waals surface area contributed by atoms with E-state index in [4.69, 9.17) is 4.99 Å². The lowest BCUT2D eigenvalue weighted by Gasteiger charge is -2.32. The summed E-state index contributed by atoms with van der Waals surface area (Å²) >= 11 is 1.75. The third kappa shape index (κ3) is 6.44. The molecule has 3 N–H and O–H groups in total. The lowest BCUT2D eigenvalue weighted by Crippen LogP contribution is -2.36. The van der Waals surface area contributed by atoms with Gasteiger partial charge in [-0.1, -0.05) is 19.1 Å². The second-order valence-electron chi connectivity index (χ2n) is 7.40. The minimum absolute atomic E-state index is 0.315. The molecule has 7 heteroatoms. The number of aliphatic imine (C=N–C) groups is 1. The first kappa shape index (κ1) is 21.6. The lowest BCUT2D eigenvalue weighted by atomic mass is 9.97. The maximum absolute atomic E-state index is 9.30. The number of aliphatic hydroxyl groups excluding tert-OH is 1. The molecule has 0 atom stereocenters. The monoisotopic (exact) mass is 415 g/mol. The molecular weight excluding hydrogens is 382 g/mol. The Bertz CT molecular complexity index is 766. The number of rotatable bonds is 8. The molecule has 1 aromatic heterocycles. The number of aliphatic hydroxyl groups is 1. The average Bonchev–Trinajstić information content (AvgIpc) is 3.24. The van der Waals surface area contributed by atoms with Crippen molar-refractivity contribution >= 4 is 23.0 Å². The fraction of sp³-hybridized carbons (Fsp3) is 0.545. The Morgan fingerprint density at radius 3 is 2.59 bits per heavy atom. The SMILES string of the molecule is CCNC(=NCc1ccc(N2CCC(CO)CC2)cc1)NCc1ncc(CC)s1. The van der Waals surface area contributed by atoms with Crippen molar-refractivity contribution in [1.29, 1.82) is 0 Å². The molecule has 3 rings (SSSR count). The third-order valence-electron chi connectivity index (χ3n) is 5.30. The summed E-state index contributed by atoms with van der Waals surface area (Å²) in [6, 6.07) is 8.70. The van der Waals surface area contributed by atoms with Crippen LogP contribution in [0.4, 0.5) is 5.69 Å². The van der Waals surface area contributed by atoms with E-state index in [2.05, 4.69) is 58.6 Å². The van der Waals surface area contributed by atoms with E-state index in [-0.39, 0.29) is 0 Å². The topological polar surface area (TPSA) is 72.8 Å². The van der Waals surface area contributed by atoms with Gasteiger partial charge < -0.3 is 20.6 Å². The number of piperidine rings is 1. The molecular formula is C22H33N5OS. The highest BCUT2D eigenvalue weighted by molar-refractivity contribution is 7.11. The van der Waals surface area contributed by atoms with Crippen molar-refractivity contribution in [2.45, 2.75) is 46.2 Å². The molecule has 1 saturated heterocycles. The Kier molecular flexibility index (Phi) is 8.31. The Balaban J connectivity index is 1.53. The number of guanidine groups is 1. The summed E-state index contributed by atoms with van der Waals surface area (Å²) in [4.78, 5) is 12.9. The van der Waals surface area contributed by atoms with E-state index in [9.17, 15) is 5.11 Å². The van der Waals surface area contributed by atoms with Crippen LogP contribution in [0.1, 0.15) is 42.1 Å². The van der Waals surface area contributed by atoms with Crippen LogP contribution >= 0.6 is 11.3 Å². The van der Waals surface area contributed by atoms with Crippen molar-refractivity contribution < 1.29 is 5.11 Å². The van der Waals surface area contributed by atoms with Gasteiger partial charge in [0.2, 0.25) is 0 Å². The van der Waals surface area contributed by atoms with E-state index in [1.54, 1.807) is 11.3 Å². The van der Waals surface area contributed by atoms with Crippen LogP contribution in [0.5, 0.6) is 0 Å². The highest BCUT2D eigenvalue weighted by atomic mass is 32.1. The summed E-state index contributed by atoms with van der Waals surface area (Å²) in [5, 5.41) is 17.1. The van der Waals surface area contributed by atoms with Crippen molar-refractivity contribution in [1.82, 2.24) is 15.6 Å². The normalized spacial score (nSPS) is 15.6. The fourth-order valence-electron chi connectivity index (χ4n) is 3.45. The van der Waals surface area contributed by atoms with E-state index in [0.29, 0.717) is 25.6 Å². The molecule has 0 spiro atoms. The largest absolute Gasteiger partial charge is 0.396 e. The minimum atomic E-state index is 0.315. The van der Waals surface area contributed by atoms with E-state index >= 15 is 0 Å². The van der Waals surface area contributed by atoms with Crippen molar-refractivity contribution in [2.75, 3.05) is 31.1 Å². The van der Waals surface area contributed by atoms with Crippen molar-refractivity contribution in [3.63, 3.8) is 0 Å². The Labute approximate surface area is 178 Å². The minimum Gasteiger partial charge on any atom is -0.396 e. The molecule has 1 aliphatic heterocycles. The number of benzene rings is 1. The zero-order chi connectivity index (χ0) is 20.5. The smallest absolute Gasteiger partial charge is 0.191 e. The third-order valence-corrected chi connectivity index (χ3v) is 6.44. The van der Waals surface area contributed by atoms with Crippen LogP contribution in [0.2, 0.25) is 0 Å². The van der Waals surface area contributed by atoms with Gasteiger partial charge in [-0.3, -0.25) is 0 Å². The van der Waals surface area contributed by atoms with Gasteiger partial charge in [-0.05, 0) is 49.8 Å². The van der Waals surface area contributed by atoms with Crippen molar-refractivity contribution in [3.05, 3.63) is 45.9 Å². The number of aryl methyl sites for hydroxylation is 1. The van der Waals surface area contributed by atoms with Crippen molar-refractivity contribution in [3.8, 4) is 0 Å². The van der Waals surface area contributed by atoms with Gasteiger partial charge in [-0.15, -0.1) is 11.3 Å². The fourth-order valence-corrected chi connectivity index (χ4v) is 4.25. The van der Waals surface area contributed by atoms with Crippen LogP contribution < -0.4 is 15.5 Å². The number of nitrogens with zero attached hydrogens (tertiary/aromatic N) is 3. The second-order valence-corrected chi connectivity index (χ2v) is 8.60. The molecule has 0 radical (unpaired) electrons. The molecule has 29 heavy (non-hydrogen) atoms. The summed E-state index contributed by atoms with van der Waals surface area (Å²) in [5.74, 6) is 1.28. The first-order chi connectivity index (χ1) is 14.2. The van der Waals surface area contributed by atoms with Crippen LogP contribution in [-0.2, 0) is 19.5 Å². The van der Waals surface area contributed by atoms with Crippen LogP contribution in [0.15, 0.2) is 35.5 Å². The van der Waals surface area contributed by atoms with Crippen LogP contribution in [-0.4, -0.2) is 42.3 Å². The van der Waals surface area contributed by atoms with Crippen molar-refractivity contribution in [2.24, 2.45) is 10.9 Å². The highest BCUT2D eigenvalue weighted by Gasteiger charge is 2.18. The number of hydrogen-bond donors (Lipinski definition) is 3. The Morgan fingerprint density at radius 1 is 1.21 bits per heavy atom. The first-order valence-corrected chi connectivity index (χ1v) is 11.4. The van der Waals surface area contributed by atoms with Crippen LogP contribution in [0, 0.1) is 5.92 Å². The number of nitrogens with one attached hydrogen (secondary N) is 2.